The van der Waals surface area contributed by atoms with Gasteiger partial charge in [-0.15, -0.1) is 24.0 Å². The average Bonchev–Trinajstić information content (AvgIpc) is 3.15. The number of nitrogens with zero attached hydrogens (tertiary/aromatic N) is 4. The Kier molecular flexibility index (Phi) is 9.67. The van der Waals surface area contributed by atoms with E-state index in [0.29, 0.717) is 19.2 Å². The molecule has 7 nitrogen and oxygen atoms in total. The molecule has 1 unspecified atom stereocenters. The first kappa shape index (κ1) is 24.2. The fourth-order valence-corrected chi connectivity index (χ4v) is 3.50. The number of ether oxygens (including phenoxy) is 1. The molecule has 1 aliphatic rings. The maximum Gasteiger partial charge on any atom is 0.191 e. The highest BCUT2D eigenvalue weighted by molar-refractivity contribution is 14.0. The van der Waals surface area contributed by atoms with Crippen LogP contribution in [0, 0.1) is 5.82 Å². The van der Waals surface area contributed by atoms with Crippen molar-refractivity contribution in [1.29, 1.82) is 0 Å². The molecule has 1 aromatic heterocycles. The van der Waals surface area contributed by atoms with Crippen LogP contribution in [0.2, 0.25) is 0 Å². The molecule has 0 saturated carbocycles. The van der Waals surface area contributed by atoms with Crippen LogP contribution in [0.25, 0.3) is 0 Å². The molecule has 1 fully saturated rings. The molecular weight excluding hydrogens is 498 g/mol. The second-order valence-corrected chi connectivity index (χ2v) is 7.19. The molecule has 2 aromatic rings. The summed E-state index contributed by atoms with van der Waals surface area (Å²) in [5, 5.41) is 11.1. The van der Waals surface area contributed by atoms with Crippen LogP contribution in [-0.4, -0.2) is 48.0 Å². The number of aromatic nitrogens is 2. The summed E-state index contributed by atoms with van der Waals surface area (Å²) in [5.41, 5.74) is 1.95. The summed E-state index contributed by atoms with van der Waals surface area (Å²) in [5.74, 6) is 0.680. The van der Waals surface area contributed by atoms with E-state index in [1.807, 2.05) is 44.0 Å². The number of hydrogen-bond acceptors (Lipinski definition) is 4. The van der Waals surface area contributed by atoms with Crippen molar-refractivity contribution < 1.29 is 9.13 Å². The summed E-state index contributed by atoms with van der Waals surface area (Å²) in [6, 6.07) is 5.30. The molecule has 1 aromatic carbocycles. The van der Waals surface area contributed by atoms with Gasteiger partial charge in [0.25, 0.3) is 0 Å². The summed E-state index contributed by atoms with van der Waals surface area (Å²) < 4.78 is 21.2. The second-order valence-electron chi connectivity index (χ2n) is 7.19. The number of aliphatic imine (C=N–C) groups is 1. The molecule has 0 amide bonds. The molecule has 2 heterocycles. The Hall–Kier alpha value is -2.04. The molecule has 2 N–H and O–H groups in total. The molecule has 166 valence electrons. The fraction of sp³-hybridized carbons (Fsp3) is 0.524. The predicted molar refractivity (Wildman–Crippen MR) is 129 cm³/mol. The quantitative estimate of drug-likeness (QED) is 0.327. The van der Waals surface area contributed by atoms with Crippen LogP contribution in [0.15, 0.2) is 35.6 Å². The molecule has 0 aliphatic carbocycles. The summed E-state index contributed by atoms with van der Waals surface area (Å²) >= 11 is 0. The van der Waals surface area contributed by atoms with Gasteiger partial charge in [0.15, 0.2) is 17.5 Å². The first-order chi connectivity index (χ1) is 14.1. The molecule has 1 aliphatic heterocycles. The van der Waals surface area contributed by atoms with E-state index in [4.69, 9.17) is 4.74 Å². The minimum atomic E-state index is -0.350. The largest absolute Gasteiger partial charge is 0.491 e. The third-order valence-electron chi connectivity index (χ3n) is 4.88. The van der Waals surface area contributed by atoms with Gasteiger partial charge in [-0.3, -0.25) is 4.68 Å². The summed E-state index contributed by atoms with van der Waals surface area (Å²) in [6.07, 6.45) is 6.14. The Morgan fingerprint density at radius 1 is 1.37 bits per heavy atom. The number of benzene rings is 1. The number of hydrogen-bond donors (Lipinski definition) is 2. The molecule has 0 radical (unpaired) electrons. The molecule has 9 heteroatoms. The number of aryl methyl sites for hydroxylation is 1. The van der Waals surface area contributed by atoms with E-state index in [0.717, 1.165) is 49.7 Å². The van der Waals surface area contributed by atoms with Crippen molar-refractivity contribution in [2.45, 2.75) is 39.3 Å². The molecule has 0 bridgehead atoms. The van der Waals surface area contributed by atoms with Crippen LogP contribution in [0.3, 0.4) is 0 Å². The zero-order valence-corrected chi connectivity index (χ0v) is 20.2. The van der Waals surface area contributed by atoms with E-state index >= 15 is 0 Å². The maximum atomic E-state index is 14.1. The van der Waals surface area contributed by atoms with Gasteiger partial charge in [-0.1, -0.05) is 6.07 Å². The highest BCUT2D eigenvalue weighted by atomic mass is 127. The van der Waals surface area contributed by atoms with Gasteiger partial charge >= 0.3 is 0 Å². The van der Waals surface area contributed by atoms with E-state index in [9.17, 15) is 4.39 Å². The zero-order valence-electron chi connectivity index (χ0n) is 17.9. The van der Waals surface area contributed by atoms with E-state index in [1.54, 1.807) is 6.07 Å². The Labute approximate surface area is 195 Å². The van der Waals surface area contributed by atoms with Crippen LogP contribution >= 0.6 is 24.0 Å². The van der Waals surface area contributed by atoms with Gasteiger partial charge < -0.3 is 20.3 Å². The van der Waals surface area contributed by atoms with Crippen molar-refractivity contribution >= 4 is 35.6 Å². The van der Waals surface area contributed by atoms with Gasteiger partial charge in [-0.25, -0.2) is 9.38 Å². The van der Waals surface area contributed by atoms with Gasteiger partial charge in [0, 0.05) is 38.9 Å². The third kappa shape index (κ3) is 6.75. The lowest BCUT2D eigenvalue weighted by Gasteiger charge is -2.34. The topological polar surface area (TPSA) is 66.7 Å². The van der Waals surface area contributed by atoms with Crippen molar-refractivity contribution in [3.8, 4) is 5.75 Å². The van der Waals surface area contributed by atoms with Gasteiger partial charge in [0.05, 0.1) is 25.0 Å². The van der Waals surface area contributed by atoms with E-state index < -0.39 is 0 Å². The van der Waals surface area contributed by atoms with Crippen molar-refractivity contribution in [2.75, 3.05) is 31.1 Å². The minimum Gasteiger partial charge on any atom is -0.491 e. The SMILES string of the molecule is CCNC(=NCc1ccc(OCC)c(F)c1)NC1CCCN(c2cnn(C)c2)C1.I. The van der Waals surface area contributed by atoms with Gasteiger partial charge in [-0.2, -0.15) is 5.10 Å². The van der Waals surface area contributed by atoms with Gasteiger partial charge in [0.1, 0.15) is 0 Å². The van der Waals surface area contributed by atoms with E-state index in [2.05, 4.69) is 25.6 Å². The molecule has 0 spiro atoms. The molecule has 1 atom stereocenters. The maximum absolute atomic E-state index is 14.1. The Morgan fingerprint density at radius 2 is 2.20 bits per heavy atom. The lowest BCUT2D eigenvalue weighted by molar-refractivity contribution is 0.321. The van der Waals surface area contributed by atoms with Crippen molar-refractivity contribution in [3.05, 3.63) is 42.0 Å². The van der Waals surface area contributed by atoms with Crippen LogP contribution in [-0.2, 0) is 13.6 Å². The number of piperidine rings is 1. The standard InChI is InChI=1S/C21H31FN6O.HI/c1-4-23-21(24-12-16-8-9-20(29-5-2)19(22)11-16)26-17-7-6-10-28(14-17)18-13-25-27(3)15-18;/h8-9,11,13,15,17H,4-7,10,12,14H2,1-3H3,(H2,23,24,26);1H. The monoisotopic (exact) mass is 530 g/mol. The summed E-state index contributed by atoms with van der Waals surface area (Å²) in [7, 11) is 1.93. The number of halogens is 2. The van der Waals surface area contributed by atoms with Crippen molar-refractivity contribution in [3.63, 3.8) is 0 Å². The van der Waals surface area contributed by atoms with E-state index in [1.165, 1.54) is 6.07 Å². The average molecular weight is 530 g/mol. The molecular formula is C21H32FIN6O. The molecule has 3 rings (SSSR count). The normalized spacial score (nSPS) is 16.7. The van der Waals surface area contributed by atoms with Crippen molar-refractivity contribution in [1.82, 2.24) is 20.4 Å². The first-order valence-corrected chi connectivity index (χ1v) is 10.3. The number of rotatable bonds is 7. The van der Waals surface area contributed by atoms with E-state index in [-0.39, 0.29) is 35.5 Å². The number of nitrogens with one attached hydrogen (secondary N) is 2. The van der Waals surface area contributed by atoms with Crippen LogP contribution in [0.4, 0.5) is 10.1 Å². The zero-order chi connectivity index (χ0) is 20.6. The lowest BCUT2D eigenvalue weighted by Crippen LogP contribution is -2.51. The highest BCUT2D eigenvalue weighted by Crippen LogP contribution is 2.20. The van der Waals surface area contributed by atoms with Gasteiger partial charge in [0.2, 0.25) is 0 Å². The number of anilines is 1. The second kappa shape index (κ2) is 12.0. The summed E-state index contributed by atoms with van der Waals surface area (Å²) in [6.45, 7) is 7.42. The van der Waals surface area contributed by atoms with Crippen LogP contribution in [0.5, 0.6) is 5.75 Å². The Bertz CT molecular complexity index is 828. The van der Waals surface area contributed by atoms with Crippen molar-refractivity contribution in [2.24, 2.45) is 12.0 Å². The summed E-state index contributed by atoms with van der Waals surface area (Å²) in [4.78, 5) is 7.00. The smallest absolute Gasteiger partial charge is 0.191 e. The number of guanidine groups is 1. The lowest BCUT2D eigenvalue weighted by atomic mass is 10.1. The van der Waals surface area contributed by atoms with Crippen LogP contribution in [0.1, 0.15) is 32.3 Å². The molecule has 1 saturated heterocycles. The molecule has 30 heavy (non-hydrogen) atoms. The van der Waals surface area contributed by atoms with Gasteiger partial charge in [-0.05, 0) is 44.4 Å². The van der Waals surface area contributed by atoms with Crippen LogP contribution < -0.4 is 20.3 Å². The fourth-order valence-electron chi connectivity index (χ4n) is 3.50. The third-order valence-corrected chi connectivity index (χ3v) is 4.88. The Morgan fingerprint density at radius 3 is 2.87 bits per heavy atom. The predicted octanol–water partition coefficient (Wildman–Crippen LogP) is 3.30. The minimum absolute atomic E-state index is 0. The Balaban J connectivity index is 0.00000320. The highest BCUT2D eigenvalue weighted by Gasteiger charge is 2.21. The first-order valence-electron chi connectivity index (χ1n) is 10.3.